The van der Waals surface area contributed by atoms with Crippen LogP contribution in [-0.2, 0) is 21.4 Å². The number of benzene rings is 1. The van der Waals surface area contributed by atoms with Crippen LogP contribution in [0.3, 0.4) is 0 Å². The zero-order valence-electron chi connectivity index (χ0n) is 11.8. The zero-order valence-corrected chi connectivity index (χ0v) is 12.6. The molecule has 0 N–H and O–H groups in total. The van der Waals surface area contributed by atoms with Crippen LogP contribution in [0.25, 0.3) is 0 Å². The van der Waals surface area contributed by atoms with Crippen molar-refractivity contribution in [2.45, 2.75) is 18.1 Å². The number of halogens is 1. The van der Waals surface area contributed by atoms with E-state index in [4.69, 9.17) is 9.47 Å². The second kappa shape index (κ2) is 5.75. The first kappa shape index (κ1) is 15.1. The molecule has 6 nitrogen and oxygen atoms in total. The van der Waals surface area contributed by atoms with Gasteiger partial charge in [0, 0.05) is 19.5 Å². The van der Waals surface area contributed by atoms with Gasteiger partial charge in [-0.05, 0) is 24.1 Å². The first-order chi connectivity index (χ1) is 10.4. The molecule has 1 aromatic rings. The molecule has 0 radical (unpaired) electrons. The summed E-state index contributed by atoms with van der Waals surface area (Å²) < 4.78 is 45.6. The van der Waals surface area contributed by atoms with Crippen molar-refractivity contribution in [2.24, 2.45) is 0 Å². The first-order valence-corrected chi connectivity index (χ1v) is 8.48. The highest BCUT2D eigenvalue weighted by atomic mass is 32.3. The van der Waals surface area contributed by atoms with Crippen LogP contribution in [0.15, 0.2) is 18.2 Å². The lowest BCUT2D eigenvalue weighted by Gasteiger charge is -2.20. The second-order valence-corrected chi connectivity index (χ2v) is 6.99. The topological polar surface area (TPSA) is 72.9 Å². The van der Waals surface area contributed by atoms with Crippen molar-refractivity contribution in [3.8, 4) is 11.5 Å². The Labute approximate surface area is 128 Å². The van der Waals surface area contributed by atoms with E-state index in [0.29, 0.717) is 37.7 Å². The number of rotatable bonds is 4. The molecule has 0 aromatic heterocycles. The molecular formula is C14H16FNO5S. The Morgan fingerprint density at radius 3 is 2.64 bits per heavy atom. The van der Waals surface area contributed by atoms with Gasteiger partial charge in [-0.2, -0.15) is 8.42 Å². The largest absolute Gasteiger partial charge is 0.486 e. The molecule has 2 heterocycles. The zero-order chi connectivity index (χ0) is 15.7. The number of likely N-dealkylation sites (tertiary alicyclic amines) is 1. The molecule has 120 valence electrons. The van der Waals surface area contributed by atoms with Crippen LogP contribution in [-0.4, -0.2) is 50.8 Å². The third kappa shape index (κ3) is 3.16. The van der Waals surface area contributed by atoms with E-state index in [1.54, 1.807) is 0 Å². The summed E-state index contributed by atoms with van der Waals surface area (Å²) in [5.74, 6) is 1.03. The van der Waals surface area contributed by atoms with Gasteiger partial charge in [-0.3, -0.25) is 4.79 Å². The predicted octanol–water partition coefficient (Wildman–Crippen LogP) is 0.900. The Kier molecular flexibility index (Phi) is 3.94. The molecule has 8 heteroatoms. The fourth-order valence-corrected chi connectivity index (χ4v) is 3.35. The highest BCUT2D eigenvalue weighted by Gasteiger charge is 2.38. The Morgan fingerprint density at radius 2 is 1.95 bits per heavy atom. The Hall–Kier alpha value is -1.83. The van der Waals surface area contributed by atoms with Gasteiger partial charge in [0.15, 0.2) is 11.5 Å². The van der Waals surface area contributed by atoms with Crippen molar-refractivity contribution < 1.29 is 26.6 Å². The fraction of sp³-hybridized carbons (Fsp3) is 0.500. The minimum absolute atomic E-state index is 0.0811. The summed E-state index contributed by atoms with van der Waals surface area (Å²) in [6, 6.07) is 5.53. The third-order valence-electron chi connectivity index (χ3n) is 3.85. The summed E-state index contributed by atoms with van der Waals surface area (Å²) in [6.07, 6.45) is 0.265. The summed E-state index contributed by atoms with van der Waals surface area (Å²) in [6.45, 7) is 1.29. The standard InChI is InChI=1S/C14H16FNO5S/c15-22(18,19)11-8-14(17)16(9-11)4-3-10-1-2-12-13(7-10)21-6-5-20-12/h1-2,7,11H,3-6,8-9H2. The van der Waals surface area contributed by atoms with E-state index in [-0.39, 0.29) is 18.9 Å². The first-order valence-electron chi connectivity index (χ1n) is 7.03. The SMILES string of the molecule is O=C1CC(S(=O)(=O)F)CN1CCc1ccc2c(c1)OCCO2. The quantitative estimate of drug-likeness (QED) is 0.768. The van der Waals surface area contributed by atoms with Gasteiger partial charge in [0.25, 0.3) is 0 Å². The Bertz CT molecular complexity index is 690. The van der Waals surface area contributed by atoms with Gasteiger partial charge in [-0.1, -0.05) is 6.07 Å². The maximum atomic E-state index is 13.0. The summed E-state index contributed by atoms with van der Waals surface area (Å²) in [7, 11) is -4.66. The van der Waals surface area contributed by atoms with E-state index in [1.807, 2.05) is 18.2 Å². The minimum Gasteiger partial charge on any atom is -0.486 e. The minimum atomic E-state index is -4.66. The molecule has 1 amide bonds. The fourth-order valence-electron chi connectivity index (χ4n) is 2.65. The number of amides is 1. The summed E-state index contributed by atoms with van der Waals surface area (Å²) in [4.78, 5) is 13.1. The molecule has 0 bridgehead atoms. The number of ether oxygens (including phenoxy) is 2. The van der Waals surface area contributed by atoms with Crippen LogP contribution in [0.5, 0.6) is 11.5 Å². The number of carbonyl (C=O) groups is 1. The molecule has 22 heavy (non-hydrogen) atoms. The number of hydrogen-bond acceptors (Lipinski definition) is 5. The third-order valence-corrected chi connectivity index (χ3v) is 4.97. The average Bonchev–Trinajstić information content (AvgIpc) is 2.86. The number of nitrogens with zero attached hydrogens (tertiary/aromatic N) is 1. The maximum Gasteiger partial charge on any atom is 0.307 e. The Balaban J connectivity index is 1.62. The monoisotopic (exact) mass is 329 g/mol. The van der Waals surface area contributed by atoms with Crippen molar-refractivity contribution in [3.05, 3.63) is 23.8 Å². The molecule has 0 aliphatic carbocycles. The molecule has 1 atom stereocenters. The van der Waals surface area contributed by atoms with Crippen LogP contribution in [0.1, 0.15) is 12.0 Å². The smallest absolute Gasteiger partial charge is 0.307 e. The molecule has 1 unspecified atom stereocenters. The molecule has 0 spiro atoms. The lowest BCUT2D eigenvalue weighted by atomic mass is 10.1. The van der Waals surface area contributed by atoms with E-state index in [0.717, 1.165) is 5.56 Å². The van der Waals surface area contributed by atoms with Crippen molar-refractivity contribution in [2.75, 3.05) is 26.3 Å². The highest BCUT2D eigenvalue weighted by Crippen LogP contribution is 2.31. The van der Waals surface area contributed by atoms with Gasteiger partial charge < -0.3 is 14.4 Å². The molecule has 2 aliphatic heterocycles. The van der Waals surface area contributed by atoms with E-state index in [2.05, 4.69) is 0 Å². The highest BCUT2D eigenvalue weighted by molar-refractivity contribution is 7.87. The van der Waals surface area contributed by atoms with Crippen LogP contribution >= 0.6 is 0 Å². The van der Waals surface area contributed by atoms with Crippen LogP contribution < -0.4 is 9.47 Å². The van der Waals surface area contributed by atoms with Gasteiger partial charge in [0.2, 0.25) is 5.91 Å². The molecule has 3 rings (SSSR count). The average molecular weight is 329 g/mol. The van der Waals surface area contributed by atoms with E-state index >= 15 is 0 Å². The van der Waals surface area contributed by atoms with E-state index in [1.165, 1.54) is 4.90 Å². The molecular weight excluding hydrogens is 313 g/mol. The number of hydrogen-bond donors (Lipinski definition) is 0. The lowest BCUT2D eigenvalue weighted by molar-refractivity contribution is -0.127. The number of carbonyl (C=O) groups excluding carboxylic acids is 1. The normalized spacial score (nSPS) is 21.2. The van der Waals surface area contributed by atoms with E-state index in [9.17, 15) is 17.1 Å². The molecule has 0 saturated carbocycles. The predicted molar refractivity (Wildman–Crippen MR) is 76.1 cm³/mol. The maximum absolute atomic E-state index is 13.0. The summed E-state index contributed by atoms with van der Waals surface area (Å²) in [5, 5.41) is -1.24. The number of fused-ring (bicyclic) bond motifs is 1. The van der Waals surface area contributed by atoms with Crippen LogP contribution in [0, 0.1) is 0 Å². The summed E-state index contributed by atoms with van der Waals surface area (Å²) >= 11 is 0. The van der Waals surface area contributed by atoms with Crippen molar-refractivity contribution in [1.82, 2.24) is 4.90 Å². The van der Waals surface area contributed by atoms with Crippen LogP contribution in [0.2, 0.25) is 0 Å². The van der Waals surface area contributed by atoms with Gasteiger partial charge >= 0.3 is 10.2 Å². The lowest BCUT2D eigenvalue weighted by Crippen LogP contribution is -2.29. The molecule has 1 fully saturated rings. The molecule has 1 aromatic carbocycles. The Morgan fingerprint density at radius 1 is 1.23 bits per heavy atom. The van der Waals surface area contributed by atoms with Crippen molar-refractivity contribution in [3.63, 3.8) is 0 Å². The molecule has 1 saturated heterocycles. The summed E-state index contributed by atoms with van der Waals surface area (Å²) in [5.41, 5.74) is 0.948. The van der Waals surface area contributed by atoms with Gasteiger partial charge in [-0.25, -0.2) is 0 Å². The van der Waals surface area contributed by atoms with Crippen molar-refractivity contribution in [1.29, 1.82) is 0 Å². The molecule has 2 aliphatic rings. The van der Waals surface area contributed by atoms with Gasteiger partial charge in [0.1, 0.15) is 18.5 Å². The van der Waals surface area contributed by atoms with Gasteiger partial charge in [0.05, 0.1) is 0 Å². The van der Waals surface area contributed by atoms with E-state index < -0.39 is 15.5 Å². The van der Waals surface area contributed by atoms with Crippen LogP contribution in [0.4, 0.5) is 3.89 Å². The van der Waals surface area contributed by atoms with Crippen molar-refractivity contribution >= 4 is 16.1 Å². The second-order valence-electron chi connectivity index (χ2n) is 5.37. The van der Waals surface area contributed by atoms with Gasteiger partial charge in [-0.15, -0.1) is 3.89 Å².